The van der Waals surface area contributed by atoms with Gasteiger partial charge in [0.1, 0.15) is 0 Å². The van der Waals surface area contributed by atoms with E-state index in [-0.39, 0.29) is 5.91 Å². The maximum absolute atomic E-state index is 12.3. The van der Waals surface area contributed by atoms with Crippen molar-refractivity contribution in [2.75, 3.05) is 5.32 Å². The van der Waals surface area contributed by atoms with Crippen molar-refractivity contribution in [3.05, 3.63) is 52.2 Å². The highest BCUT2D eigenvalue weighted by Gasteiger charge is 2.29. The van der Waals surface area contributed by atoms with Crippen molar-refractivity contribution in [3.8, 4) is 0 Å². The highest BCUT2D eigenvalue weighted by Crippen LogP contribution is 2.29. The minimum absolute atomic E-state index is 0.333. The van der Waals surface area contributed by atoms with Gasteiger partial charge in [-0.05, 0) is 35.7 Å². The molecule has 0 unspecified atom stereocenters. The lowest BCUT2D eigenvalue weighted by Crippen LogP contribution is -2.11. The summed E-state index contributed by atoms with van der Waals surface area (Å²) in [7, 11) is 0. The van der Waals surface area contributed by atoms with Gasteiger partial charge in [-0.1, -0.05) is 0 Å². The van der Waals surface area contributed by atoms with Crippen LogP contribution in [0.15, 0.2) is 41.1 Å². The van der Waals surface area contributed by atoms with Crippen molar-refractivity contribution in [1.82, 2.24) is 0 Å². The zero-order valence-corrected chi connectivity index (χ0v) is 9.81. The maximum Gasteiger partial charge on any atom is 0.416 e. The van der Waals surface area contributed by atoms with Crippen LogP contribution in [0.5, 0.6) is 0 Å². The van der Waals surface area contributed by atoms with Crippen LogP contribution in [0.1, 0.15) is 15.9 Å². The van der Waals surface area contributed by atoms with Crippen molar-refractivity contribution in [1.29, 1.82) is 0 Å². The fraction of sp³-hybridized carbons (Fsp3) is 0.0833. The summed E-state index contributed by atoms with van der Waals surface area (Å²) in [5.41, 5.74) is 0.0788. The number of hydrogen-bond donors (Lipinski definition) is 1. The molecule has 94 valence electrons. The Bertz CT molecular complexity index is 531. The molecule has 2 rings (SSSR count). The lowest BCUT2D eigenvalue weighted by molar-refractivity contribution is -0.137. The number of anilines is 1. The van der Waals surface area contributed by atoms with Gasteiger partial charge in [-0.3, -0.25) is 4.79 Å². The van der Waals surface area contributed by atoms with Gasteiger partial charge in [-0.2, -0.15) is 24.5 Å². The van der Waals surface area contributed by atoms with Gasteiger partial charge in [0.05, 0.1) is 11.1 Å². The van der Waals surface area contributed by atoms with Crippen molar-refractivity contribution >= 4 is 22.9 Å². The van der Waals surface area contributed by atoms with Crippen LogP contribution in [-0.4, -0.2) is 5.91 Å². The van der Waals surface area contributed by atoms with Crippen LogP contribution in [0.2, 0.25) is 0 Å². The number of rotatable bonds is 2. The zero-order chi connectivity index (χ0) is 13.2. The number of nitrogens with one attached hydrogen (secondary N) is 1. The summed E-state index contributed by atoms with van der Waals surface area (Å²) in [5.74, 6) is -0.337. The van der Waals surface area contributed by atoms with E-state index in [9.17, 15) is 18.0 Å². The van der Waals surface area contributed by atoms with E-state index in [0.29, 0.717) is 11.3 Å². The summed E-state index contributed by atoms with van der Waals surface area (Å²) in [6, 6.07) is 5.97. The van der Waals surface area contributed by atoms with E-state index in [1.165, 1.54) is 23.5 Å². The molecule has 6 heteroatoms. The van der Waals surface area contributed by atoms with E-state index in [1.807, 2.05) is 0 Å². The zero-order valence-electron chi connectivity index (χ0n) is 8.99. The Labute approximate surface area is 105 Å². The SMILES string of the molecule is O=C(Nc1ccc(C(F)(F)F)cc1)c1ccsc1. The summed E-state index contributed by atoms with van der Waals surface area (Å²) in [6.45, 7) is 0. The number of amides is 1. The second-order valence-corrected chi connectivity index (χ2v) is 4.32. The molecule has 1 N–H and O–H groups in total. The summed E-state index contributed by atoms with van der Waals surface area (Å²) < 4.78 is 37.0. The Balaban J connectivity index is 2.09. The predicted octanol–water partition coefficient (Wildman–Crippen LogP) is 4.02. The molecule has 0 aliphatic rings. The minimum atomic E-state index is -4.37. The molecule has 0 saturated heterocycles. The first-order valence-corrected chi connectivity index (χ1v) is 5.92. The Morgan fingerprint density at radius 2 is 1.78 bits per heavy atom. The first-order chi connectivity index (χ1) is 8.47. The molecule has 0 fully saturated rings. The Hall–Kier alpha value is -1.82. The summed E-state index contributed by atoms with van der Waals surface area (Å²) in [4.78, 5) is 11.6. The summed E-state index contributed by atoms with van der Waals surface area (Å²) in [6.07, 6.45) is -4.37. The van der Waals surface area contributed by atoms with E-state index in [2.05, 4.69) is 5.32 Å². The molecule has 1 aromatic carbocycles. The monoisotopic (exact) mass is 271 g/mol. The van der Waals surface area contributed by atoms with Crippen LogP contribution in [0.3, 0.4) is 0 Å². The fourth-order valence-corrected chi connectivity index (χ4v) is 1.98. The maximum atomic E-state index is 12.3. The molecular formula is C12H8F3NOS. The van der Waals surface area contributed by atoms with E-state index in [4.69, 9.17) is 0 Å². The van der Waals surface area contributed by atoms with Crippen LogP contribution in [0.4, 0.5) is 18.9 Å². The van der Waals surface area contributed by atoms with Crippen LogP contribution in [0.25, 0.3) is 0 Å². The third-order valence-electron chi connectivity index (χ3n) is 2.25. The first-order valence-electron chi connectivity index (χ1n) is 4.97. The van der Waals surface area contributed by atoms with Crippen molar-refractivity contribution in [3.63, 3.8) is 0 Å². The molecule has 2 aromatic rings. The van der Waals surface area contributed by atoms with E-state index in [1.54, 1.807) is 16.8 Å². The average molecular weight is 271 g/mol. The number of halogens is 3. The van der Waals surface area contributed by atoms with Crippen molar-refractivity contribution in [2.45, 2.75) is 6.18 Å². The number of carbonyl (C=O) groups is 1. The molecule has 0 saturated carbocycles. The number of alkyl halides is 3. The number of carbonyl (C=O) groups excluding carboxylic acids is 1. The average Bonchev–Trinajstić information content (AvgIpc) is 2.82. The molecule has 18 heavy (non-hydrogen) atoms. The predicted molar refractivity (Wildman–Crippen MR) is 63.7 cm³/mol. The quantitative estimate of drug-likeness (QED) is 0.878. The lowest BCUT2D eigenvalue weighted by Gasteiger charge is -2.08. The topological polar surface area (TPSA) is 29.1 Å². The third-order valence-corrected chi connectivity index (χ3v) is 2.94. The molecule has 0 bridgehead atoms. The van der Waals surface area contributed by atoms with E-state index < -0.39 is 11.7 Å². The van der Waals surface area contributed by atoms with Crippen molar-refractivity contribution in [2.24, 2.45) is 0 Å². The molecule has 1 heterocycles. The number of hydrogen-bond acceptors (Lipinski definition) is 2. The van der Waals surface area contributed by atoms with E-state index in [0.717, 1.165) is 12.1 Å². The molecule has 1 aromatic heterocycles. The standard InChI is InChI=1S/C12H8F3NOS/c13-12(14,15)9-1-3-10(4-2-9)16-11(17)8-5-6-18-7-8/h1-7H,(H,16,17). The first kappa shape index (κ1) is 12.6. The summed E-state index contributed by atoms with van der Waals surface area (Å²) >= 11 is 1.37. The van der Waals surface area contributed by atoms with Crippen molar-refractivity contribution < 1.29 is 18.0 Å². The molecule has 2 nitrogen and oxygen atoms in total. The normalized spacial score (nSPS) is 11.3. The van der Waals surface area contributed by atoms with Gasteiger partial charge < -0.3 is 5.32 Å². The fourth-order valence-electron chi connectivity index (χ4n) is 1.34. The van der Waals surface area contributed by atoms with Crippen LogP contribution < -0.4 is 5.32 Å². The largest absolute Gasteiger partial charge is 0.416 e. The molecule has 0 aliphatic carbocycles. The molecular weight excluding hydrogens is 263 g/mol. The third kappa shape index (κ3) is 2.89. The second-order valence-electron chi connectivity index (χ2n) is 3.54. The Morgan fingerprint density at radius 1 is 1.11 bits per heavy atom. The summed E-state index contributed by atoms with van der Waals surface area (Å²) in [5, 5.41) is 5.94. The Morgan fingerprint density at radius 3 is 2.28 bits per heavy atom. The molecule has 0 spiro atoms. The van der Waals surface area contributed by atoms with Gasteiger partial charge in [0, 0.05) is 11.1 Å². The molecule has 0 aliphatic heterocycles. The van der Waals surface area contributed by atoms with Gasteiger partial charge in [0.15, 0.2) is 0 Å². The van der Waals surface area contributed by atoms with E-state index >= 15 is 0 Å². The highest BCUT2D eigenvalue weighted by molar-refractivity contribution is 7.08. The van der Waals surface area contributed by atoms with Crippen LogP contribution in [0, 0.1) is 0 Å². The minimum Gasteiger partial charge on any atom is -0.322 e. The molecule has 0 radical (unpaired) electrons. The number of benzene rings is 1. The lowest BCUT2D eigenvalue weighted by atomic mass is 10.2. The van der Waals surface area contributed by atoms with Gasteiger partial charge in [-0.25, -0.2) is 0 Å². The van der Waals surface area contributed by atoms with Crippen LogP contribution in [-0.2, 0) is 6.18 Å². The Kier molecular flexibility index (Phi) is 3.38. The second kappa shape index (κ2) is 4.81. The smallest absolute Gasteiger partial charge is 0.322 e. The van der Waals surface area contributed by atoms with Gasteiger partial charge in [0.2, 0.25) is 0 Å². The molecule has 0 atom stereocenters. The molecule has 1 amide bonds. The van der Waals surface area contributed by atoms with Gasteiger partial charge in [0.25, 0.3) is 5.91 Å². The van der Waals surface area contributed by atoms with Gasteiger partial charge in [-0.15, -0.1) is 0 Å². The highest BCUT2D eigenvalue weighted by atomic mass is 32.1. The van der Waals surface area contributed by atoms with Crippen LogP contribution >= 0.6 is 11.3 Å². The number of thiophene rings is 1. The van der Waals surface area contributed by atoms with Gasteiger partial charge >= 0.3 is 6.18 Å².